The Bertz CT molecular complexity index is 865. The Hall–Kier alpha value is -2.40. The third-order valence-corrected chi connectivity index (χ3v) is 6.19. The number of hydrogen-bond donors (Lipinski definition) is 2. The molecule has 0 bridgehead atoms. The van der Waals surface area contributed by atoms with Gasteiger partial charge in [0.15, 0.2) is 0 Å². The van der Waals surface area contributed by atoms with Crippen molar-refractivity contribution in [3.63, 3.8) is 0 Å². The lowest BCUT2D eigenvalue weighted by Crippen LogP contribution is -2.30. The van der Waals surface area contributed by atoms with Crippen LogP contribution in [0.15, 0.2) is 42.5 Å². The Morgan fingerprint density at radius 1 is 1.06 bits per heavy atom. The van der Waals surface area contributed by atoms with Gasteiger partial charge in [0.05, 0.1) is 12.5 Å². The topological polar surface area (TPSA) is 58.6 Å². The number of nitrogens with one attached hydrogen (secondary N) is 1. The lowest BCUT2D eigenvalue weighted by Gasteiger charge is -2.36. The molecule has 3 rings (SSSR count). The average molecular weight is 428 g/mol. The number of halogens is 1. The predicted octanol–water partition coefficient (Wildman–Crippen LogP) is 6.04. The third kappa shape index (κ3) is 7.06. The van der Waals surface area contributed by atoms with E-state index in [1.165, 1.54) is 25.0 Å². The van der Waals surface area contributed by atoms with E-state index < -0.39 is 5.97 Å². The molecule has 0 aromatic heterocycles. The van der Waals surface area contributed by atoms with Crippen LogP contribution >= 0.6 is 0 Å². The first kappa shape index (κ1) is 23.3. The molecule has 0 saturated heterocycles. The van der Waals surface area contributed by atoms with Gasteiger partial charge in [-0.15, -0.1) is 0 Å². The zero-order chi connectivity index (χ0) is 22.4. The number of hydrogen-bond acceptors (Lipinski definition) is 3. The van der Waals surface area contributed by atoms with Crippen molar-refractivity contribution in [1.82, 2.24) is 5.32 Å². The van der Waals surface area contributed by atoms with Crippen LogP contribution in [0.4, 0.5) is 4.39 Å². The van der Waals surface area contributed by atoms with Crippen LogP contribution in [0.2, 0.25) is 0 Å². The number of carbonyl (C=O) groups is 1. The summed E-state index contributed by atoms with van der Waals surface area (Å²) in [7, 11) is 0. The first-order valence-corrected chi connectivity index (χ1v) is 11.2. The third-order valence-electron chi connectivity index (χ3n) is 6.19. The van der Waals surface area contributed by atoms with Crippen LogP contribution in [0.25, 0.3) is 11.1 Å². The van der Waals surface area contributed by atoms with Crippen molar-refractivity contribution in [2.24, 2.45) is 11.3 Å². The van der Waals surface area contributed by atoms with E-state index in [1.807, 2.05) is 30.3 Å². The molecule has 1 aliphatic carbocycles. The van der Waals surface area contributed by atoms with Gasteiger partial charge >= 0.3 is 5.97 Å². The van der Waals surface area contributed by atoms with Crippen molar-refractivity contribution < 1.29 is 19.0 Å². The molecule has 0 radical (unpaired) electrons. The van der Waals surface area contributed by atoms with Crippen LogP contribution in [0.5, 0.6) is 5.75 Å². The highest BCUT2D eigenvalue weighted by molar-refractivity contribution is 5.67. The maximum atomic E-state index is 14.1. The van der Waals surface area contributed by atoms with Gasteiger partial charge in [-0.25, -0.2) is 4.39 Å². The maximum absolute atomic E-state index is 14.1. The molecule has 1 aliphatic rings. The van der Waals surface area contributed by atoms with E-state index in [-0.39, 0.29) is 18.3 Å². The van der Waals surface area contributed by atoms with E-state index in [0.717, 1.165) is 41.2 Å². The minimum absolute atomic E-state index is 0.0431. The highest BCUT2D eigenvalue weighted by atomic mass is 19.1. The second-order valence-corrected chi connectivity index (χ2v) is 9.65. The fourth-order valence-electron chi connectivity index (χ4n) is 4.31. The molecular weight excluding hydrogens is 393 g/mol. The molecule has 0 aliphatic heterocycles. The number of carboxylic acids is 1. The van der Waals surface area contributed by atoms with E-state index >= 15 is 0 Å². The van der Waals surface area contributed by atoms with Crippen LogP contribution < -0.4 is 10.1 Å². The summed E-state index contributed by atoms with van der Waals surface area (Å²) in [5.41, 5.74) is 2.88. The van der Waals surface area contributed by atoms with Gasteiger partial charge in [0.1, 0.15) is 11.6 Å². The maximum Gasteiger partial charge on any atom is 0.304 e. The summed E-state index contributed by atoms with van der Waals surface area (Å²) in [6.07, 6.45) is 4.90. The summed E-state index contributed by atoms with van der Waals surface area (Å²) in [5, 5.41) is 11.7. The van der Waals surface area contributed by atoms with Gasteiger partial charge in [-0.2, -0.15) is 0 Å². The Kier molecular flexibility index (Phi) is 7.71. The summed E-state index contributed by atoms with van der Waals surface area (Å²) >= 11 is 0. The lowest BCUT2D eigenvalue weighted by molar-refractivity contribution is -0.136. The Balaban J connectivity index is 1.58. The summed E-state index contributed by atoms with van der Waals surface area (Å²) < 4.78 is 20.3. The monoisotopic (exact) mass is 427 g/mol. The largest absolute Gasteiger partial charge is 0.490 e. The standard InChI is InChI=1S/C26H34FNO3/c1-26(2,3)21-6-10-24(11-7-21)31-23-8-4-19(5-9-23)20-14-18(15-22(27)16-20)17-28-13-12-25(29)30/h4-5,8-9,14-16,21,24,28H,6-7,10-13,17H2,1-3H3,(H,29,30). The molecule has 168 valence electrons. The zero-order valence-electron chi connectivity index (χ0n) is 18.8. The number of aliphatic carboxylic acids is 1. The molecule has 2 aromatic rings. The molecule has 5 heteroatoms. The summed E-state index contributed by atoms with van der Waals surface area (Å²) in [6, 6.07) is 12.8. The van der Waals surface area contributed by atoms with E-state index in [2.05, 4.69) is 26.1 Å². The van der Waals surface area contributed by atoms with Crippen molar-refractivity contribution in [3.8, 4) is 16.9 Å². The van der Waals surface area contributed by atoms with E-state index in [9.17, 15) is 9.18 Å². The highest BCUT2D eigenvalue weighted by Gasteiger charge is 2.30. The summed E-state index contributed by atoms with van der Waals surface area (Å²) in [6.45, 7) is 7.74. The van der Waals surface area contributed by atoms with Crippen molar-refractivity contribution in [3.05, 3.63) is 53.8 Å². The van der Waals surface area contributed by atoms with Crippen LogP contribution in [0.3, 0.4) is 0 Å². The Morgan fingerprint density at radius 2 is 1.74 bits per heavy atom. The fourth-order valence-corrected chi connectivity index (χ4v) is 4.31. The molecule has 2 aromatic carbocycles. The second-order valence-electron chi connectivity index (χ2n) is 9.65. The van der Waals surface area contributed by atoms with Crippen LogP contribution in [0, 0.1) is 17.2 Å². The Labute approximate surface area is 184 Å². The van der Waals surface area contributed by atoms with Crippen molar-refractivity contribution in [2.45, 2.75) is 65.5 Å². The van der Waals surface area contributed by atoms with Gasteiger partial charge in [-0.05, 0) is 84.0 Å². The second kappa shape index (κ2) is 10.3. The molecule has 31 heavy (non-hydrogen) atoms. The van der Waals surface area contributed by atoms with Gasteiger partial charge in [0, 0.05) is 13.1 Å². The first-order valence-electron chi connectivity index (χ1n) is 11.2. The molecular formula is C26H34FNO3. The van der Waals surface area contributed by atoms with Gasteiger partial charge in [0.2, 0.25) is 0 Å². The van der Waals surface area contributed by atoms with Crippen LogP contribution in [0.1, 0.15) is 58.4 Å². The molecule has 0 heterocycles. The molecule has 2 N–H and O–H groups in total. The van der Waals surface area contributed by atoms with Gasteiger partial charge in [0.25, 0.3) is 0 Å². The fraction of sp³-hybridized carbons (Fsp3) is 0.500. The average Bonchev–Trinajstić information content (AvgIpc) is 2.71. The summed E-state index contributed by atoms with van der Waals surface area (Å²) in [4.78, 5) is 10.6. The van der Waals surface area contributed by atoms with Crippen molar-refractivity contribution >= 4 is 5.97 Å². The number of rotatable bonds is 8. The normalized spacial score (nSPS) is 19.2. The summed E-state index contributed by atoms with van der Waals surface area (Å²) in [5.74, 6) is 0.464. The van der Waals surface area contributed by atoms with Gasteiger partial charge in [-0.1, -0.05) is 32.9 Å². The van der Waals surface area contributed by atoms with E-state index in [0.29, 0.717) is 18.5 Å². The highest BCUT2D eigenvalue weighted by Crippen LogP contribution is 2.38. The SMILES string of the molecule is CC(C)(C)C1CCC(Oc2ccc(-c3cc(F)cc(CNCCC(=O)O)c3)cc2)CC1. The number of carboxylic acid groups (broad SMARTS) is 1. The smallest absolute Gasteiger partial charge is 0.304 e. The van der Waals surface area contributed by atoms with E-state index in [1.54, 1.807) is 0 Å². The minimum atomic E-state index is -0.850. The molecule has 0 unspecified atom stereocenters. The molecule has 0 amide bonds. The molecule has 1 fully saturated rings. The number of ether oxygens (including phenoxy) is 1. The molecule has 0 spiro atoms. The van der Waals surface area contributed by atoms with Crippen molar-refractivity contribution in [2.75, 3.05) is 6.54 Å². The molecule has 0 atom stereocenters. The first-order chi connectivity index (χ1) is 14.7. The lowest BCUT2D eigenvalue weighted by atomic mass is 9.72. The van der Waals surface area contributed by atoms with Crippen LogP contribution in [-0.4, -0.2) is 23.7 Å². The quantitative estimate of drug-likeness (QED) is 0.504. The Morgan fingerprint density at radius 3 is 2.35 bits per heavy atom. The van der Waals surface area contributed by atoms with E-state index in [4.69, 9.17) is 9.84 Å². The number of benzene rings is 2. The molecule has 4 nitrogen and oxygen atoms in total. The van der Waals surface area contributed by atoms with Crippen LogP contribution in [-0.2, 0) is 11.3 Å². The predicted molar refractivity (Wildman–Crippen MR) is 122 cm³/mol. The molecule has 1 saturated carbocycles. The van der Waals surface area contributed by atoms with Crippen molar-refractivity contribution in [1.29, 1.82) is 0 Å². The van der Waals surface area contributed by atoms with Gasteiger partial charge in [-0.3, -0.25) is 4.79 Å². The van der Waals surface area contributed by atoms with Gasteiger partial charge < -0.3 is 15.2 Å². The minimum Gasteiger partial charge on any atom is -0.490 e. The zero-order valence-corrected chi connectivity index (χ0v) is 18.8.